The van der Waals surface area contributed by atoms with Crippen molar-refractivity contribution in [3.8, 4) is 0 Å². The molecule has 3 rings (SSSR count). The van der Waals surface area contributed by atoms with Gasteiger partial charge in [-0.15, -0.1) is 5.11 Å². The van der Waals surface area contributed by atoms with Crippen molar-refractivity contribution in [1.82, 2.24) is 0 Å². The Bertz CT molecular complexity index is 1120. The molecule has 0 N–H and O–H groups in total. The number of esters is 1. The van der Waals surface area contributed by atoms with E-state index in [-0.39, 0.29) is 16.9 Å². The second-order valence-electron chi connectivity index (χ2n) is 6.63. The van der Waals surface area contributed by atoms with Gasteiger partial charge < -0.3 is 4.74 Å². The van der Waals surface area contributed by atoms with E-state index in [9.17, 15) is 19.7 Å². The summed E-state index contributed by atoms with van der Waals surface area (Å²) < 4.78 is 4.74. The molecule has 3 aromatic carbocycles. The molecule has 0 unspecified atom stereocenters. The molecule has 8 heteroatoms. The molecule has 0 bridgehead atoms. The zero-order chi connectivity index (χ0) is 22.9. The molecule has 0 amide bonds. The summed E-state index contributed by atoms with van der Waals surface area (Å²) in [5, 5.41) is 19.2. The monoisotopic (exact) mass is 429 g/mol. The summed E-state index contributed by atoms with van der Waals surface area (Å²) in [6, 6.07) is 23.3. The molecule has 0 aromatic heterocycles. The molecule has 0 atom stereocenters. The van der Waals surface area contributed by atoms with Crippen molar-refractivity contribution in [2.45, 2.75) is 6.04 Å². The van der Waals surface area contributed by atoms with Crippen LogP contribution in [0.3, 0.4) is 0 Å². The Labute approximate surface area is 184 Å². The summed E-state index contributed by atoms with van der Waals surface area (Å²) >= 11 is 0. The van der Waals surface area contributed by atoms with Gasteiger partial charge in [0.15, 0.2) is 11.5 Å². The number of carbonyl (C=O) groups is 2. The maximum atomic E-state index is 12.6. The summed E-state index contributed by atoms with van der Waals surface area (Å²) in [7, 11) is 1.17. The van der Waals surface area contributed by atoms with Crippen LogP contribution in [0.1, 0.15) is 27.5 Å². The van der Waals surface area contributed by atoms with E-state index in [0.717, 1.165) is 17.2 Å². The van der Waals surface area contributed by atoms with Crippen LogP contribution in [0.15, 0.2) is 107 Å². The zero-order valence-electron chi connectivity index (χ0n) is 17.1. The van der Waals surface area contributed by atoms with Crippen molar-refractivity contribution < 1.29 is 19.2 Å². The molecule has 0 aliphatic heterocycles. The molecule has 8 nitrogen and oxygen atoms in total. The topological polar surface area (TPSA) is 111 Å². The highest BCUT2D eigenvalue weighted by atomic mass is 16.6. The number of ether oxygens (including phenoxy) is 1. The van der Waals surface area contributed by atoms with E-state index in [1.54, 1.807) is 0 Å². The molecule has 3 aromatic rings. The molecule has 32 heavy (non-hydrogen) atoms. The van der Waals surface area contributed by atoms with Crippen molar-refractivity contribution in [3.63, 3.8) is 0 Å². The van der Waals surface area contributed by atoms with Gasteiger partial charge in [-0.2, -0.15) is 5.11 Å². The van der Waals surface area contributed by atoms with Crippen molar-refractivity contribution in [1.29, 1.82) is 0 Å². The zero-order valence-corrected chi connectivity index (χ0v) is 17.1. The molecule has 0 saturated carbocycles. The third-order valence-electron chi connectivity index (χ3n) is 4.54. The first kappa shape index (κ1) is 22.2. The van der Waals surface area contributed by atoms with E-state index in [0.29, 0.717) is 0 Å². The summed E-state index contributed by atoms with van der Waals surface area (Å²) in [5.74, 6) is -1.39. The molecule has 0 radical (unpaired) electrons. The fourth-order valence-electron chi connectivity index (χ4n) is 2.90. The lowest BCUT2D eigenvalue weighted by molar-refractivity contribution is -0.384. The van der Waals surface area contributed by atoms with Gasteiger partial charge in [0, 0.05) is 23.8 Å². The van der Waals surface area contributed by atoms with Crippen molar-refractivity contribution in [3.05, 3.63) is 124 Å². The predicted molar refractivity (Wildman–Crippen MR) is 117 cm³/mol. The van der Waals surface area contributed by atoms with E-state index in [4.69, 9.17) is 4.74 Å². The smallest absolute Gasteiger partial charge is 0.358 e. The maximum absolute atomic E-state index is 12.6. The van der Waals surface area contributed by atoms with Crippen LogP contribution in [-0.2, 0) is 9.53 Å². The largest absolute Gasteiger partial charge is 0.464 e. The minimum Gasteiger partial charge on any atom is -0.464 e. The van der Waals surface area contributed by atoms with Crippen molar-refractivity contribution >= 4 is 17.4 Å². The van der Waals surface area contributed by atoms with Crippen LogP contribution in [0.25, 0.3) is 0 Å². The summed E-state index contributed by atoms with van der Waals surface area (Å²) in [4.78, 5) is 35.0. The molecule has 0 saturated heterocycles. The van der Waals surface area contributed by atoms with E-state index in [1.807, 2.05) is 60.7 Å². The number of benzene rings is 3. The Morgan fingerprint density at radius 2 is 1.44 bits per heavy atom. The number of methoxy groups -OCH3 is 1. The molecule has 0 spiro atoms. The van der Waals surface area contributed by atoms with Gasteiger partial charge in [0.05, 0.1) is 12.0 Å². The number of carbonyl (C=O) groups excluding carboxylic acids is 2. The van der Waals surface area contributed by atoms with Gasteiger partial charge in [-0.05, 0) is 23.3 Å². The number of rotatable bonds is 8. The minimum atomic E-state index is -0.830. The summed E-state index contributed by atoms with van der Waals surface area (Å²) in [5.41, 5.74) is 1.44. The van der Waals surface area contributed by atoms with Crippen molar-refractivity contribution in [2.24, 2.45) is 10.2 Å². The molecular weight excluding hydrogens is 410 g/mol. The number of nitrogens with zero attached hydrogens (tertiary/aromatic N) is 3. The standard InChI is InChI=1S/C24H19N3O5/c1-32-24(29)21(16-22(28)17-12-14-20(15-13-17)27(30)31)25-26-23(18-8-4-2-5-9-18)19-10-6-3-7-11-19/h2-16,23H,1H3. The summed E-state index contributed by atoms with van der Waals surface area (Å²) in [6.45, 7) is 0. The van der Waals surface area contributed by atoms with Crippen LogP contribution in [0, 0.1) is 10.1 Å². The first-order chi connectivity index (χ1) is 15.5. The molecular formula is C24H19N3O5. The predicted octanol–water partition coefficient (Wildman–Crippen LogP) is 5.08. The number of nitro groups is 1. The number of hydrogen-bond donors (Lipinski definition) is 0. The third kappa shape index (κ3) is 5.57. The second-order valence-corrected chi connectivity index (χ2v) is 6.63. The molecule has 0 aliphatic rings. The van der Waals surface area contributed by atoms with Gasteiger partial charge in [-0.25, -0.2) is 4.79 Å². The van der Waals surface area contributed by atoms with Gasteiger partial charge >= 0.3 is 5.97 Å². The Balaban J connectivity index is 1.94. The Morgan fingerprint density at radius 1 is 0.906 bits per heavy atom. The Kier molecular flexibility index (Phi) is 7.32. The lowest BCUT2D eigenvalue weighted by Gasteiger charge is -2.12. The first-order valence-corrected chi connectivity index (χ1v) is 9.59. The maximum Gasteiger partial charge on any atom is 0.358 e. The normalized spacial score (nSPS) is 11.5. The fourth-order valence-corrected chi connectivity index (χ4v) is 2.90. The second kappa shape index (κ2) is 10.5. The lowest BCUT2D eigenvalue weighted by Crippen LogP contribution is -2.07. The van der Waals surface area contributed by atoms with E-state index in [2.05, 4.69) is 10.2 Å². The number of nitro benzene ring substituents is 1. The van der Waals surface area contributed by atoms with E-state index >= 15 is 0 Å². The van der Waals surface area contributed by atoms with E-state index in [1.165, 1.54) is 31.4 Å². The first-order valence-electron chi connectivity index (χ1n) is 9.59. The van der Waals surface area contributed by atoms with Gasteiger partial charge in [-0.1, -0.05) is 60.7 Å². The van der Waals surface area contributed by atoms with Crippen LogP contribution in [0.2, 0.25) is 0 Å². The SMILES string of the molecule is COC(=O)C(=CC(=O)c1ccc([N+](=O)[O-])cc1)N=NC(c1ccccc1)c1ccccc1. The van der Waals surface area contributed by atoms with Crippen LogP contribution in [0.5, 0.6) is 0 Å². The number of non-ortho nitro benzene ring substituents is 1. The fraction of sp³-hybridized carbons (Fsp3) is 0.0833. The molecule has 0 aliphatic carbocycles. The van der Waals surface area contributed by atoms with Crippen molar-refractivity contribution in [2.75, 3.05) is 7.11 Å². The van der Waals surface area contributed by atoms with E-state index < -0.39 is 22.7 Å². The summed E-state index contributed by atoms with van der Waals surface area (Å²) in [6.07, 6.45) is 1.00. The average Bonchev–Trinajstić information content (AvgIpc) is 2.84. The van der Waals surface area contributed by atoms with Gasteiger partial charge in [0.25, 0.3) is 5.69 Å². The number of ketones is 1. The number of hydrogen-bond acceptors (Lipinski definition) is 7. The quantitative estimate of drug-likeness (QED) is 0.124. The third-order valence-corrected chi connectivity index (χ3v) is 4.54. The highest BCUT2D eigenvalue weighted by Crippen LogP contribution is 2.27. The Hall–Kier alpha value is -4.46. The van der Waals surface area contributed by atoms with Crippen LogP contribution in [0.4, 0.5) is 5.69 Å². The molecule has 160 valence electrons. The highest BCUT2D eigenvalue weighted by molar-refractivity contribution is 6.08. The van der Waals surface area contributed by atoms with Gasteiger partial charge in [0.1, 0.15) is 6.04 Å². The molecule has 0 fully saturated rings. The van der Waals surface area contributed by atoms with Gasteiger partial charge in [0.2, 0.25) is 0 Å². The van der Waals surface area contributed by atoms with Crippen LogP contribution >= 0.6 is 0 Å². The average molecular weight is 429 g/mol. The van der Waals surface area contributed by atoms with Crippen LogP contribution in [-0.4, -0.2) is 23.8 Å². The Morgan fingerprint density at radius 3 is 1.91 bits per heavy atom. The van der Waals surface area contributed by atoms with Gasteiger partial charge in [-0.3, -0.25) is 14.9 Å². The highest BCUT2D eigenvalue weighted by Gasteiger charge is 2.17. The van der Waals surface area contributed by atoms with Crippen LogP contribution < -0.4 is 0 Å². The number of azo groups is 1. The lowest BCUT2D eigenvalue weighted by atomic mass is 10.00. The molecule has 0 heterocycles. The number of allylic oxidation sites excluding steroid dienone is 1. The minimum absolute atomic E-state index is 0.146.